The lowest BCUT2D eigenvalue weighted by molar-refractivity contribution is 0.123. The lowest BCUT2D eigenvalue weighted by Gasteiger charge is -2.27. The molecule has 164 valence electrons. The minimum Gasteiger partial charge on any atom is -0.465 e. The van der Waals surface area contributed by atoms with E-state index in [9.17, 15) is 22.7 Å². The summed E-state index contributed by atoms with van der Waals surface area (Å²) < 4.78 is 40.9. The van der Waals surface area contributed by atoms with Gasteiger partial charge in [0.1, 0.15) is 10.7 Å². The Kier molecular flexibility index (Phi) is 6.42. The molecule has 3 rings (SSSR count). The zero-order valence-electron chi connectivity index (χ0n) is 17.2. The molecule has 0 aliphatic rings. The van der Waals surface area contributed by atoms with Crippen LogP contribution >= 0.6 is 11.3 Å². The van der Waals surface area contributed by atoms with Crippen LogP contribution in [0.2, 0.25) is 0 Å². The minimum atomic E-state index is -4.01. The zero-order valence-corrected chi connectivity index (χ0v) is 18.9. The number of nitrogens with zero attached hydrogens (tertiary/aromatic N) is 3. The highest BCUT2D eigenvalue weighted by Crippen LogP contribution is 2.37. The molecule has 0 fully saturated rings. The first-order chi connectivity index (χ1) is 14.5. The van der Waals surface area contributed by atoms with Gasteiger partial charge in [0.05, 0.1) is 17.0 Å². The van der Waals surface area contributed by atoms with Gasteiger partial charge < -0.3 is 10.0 Å². The van der Waals surface area contributed by atoms with Crippen LogP contribution in [0.5, 0.6) is 0 Å². The van der Waals surface area contributed by atoms with E-state index >= 15 is 0 Å². The molecule has 2 aromatic heterocycles. The summed E-state index contributed by atoms with van der Waals surface area (Å²) in [5, 5.41) is 9.84. The second-order valence-corrected chi connectivity index (χ2v) is 11.3. The second kappa shape index (κ2) is 8.72. The molecule has 3 aromatic rings. The van der Waals surface area contributed by atoms with Crippen molar-refractivity contribution in [2.45, 2.75) is 36.4 Å². The van der Waals surface area contributed by atoms with Gasteiger partial charge in [-0.3, -0.25) is 0 Å². The highest BCUT2D eigenvalue weighted by molar-refractivity contribution is 7.93. The standard InChI is InChI=1S/C21H22FN3O4S2/c1-21(2,3)13-25(20(26)27)12-16-24-17(15-10-7-11-23-18(15)22)19(30-16)31(28,29)14-8-5-4-6-9-14/h4-11H,12-13H2,1-3H3,(H,26,27). The maximum atomic E-state index is 14.4. The predicted octanol–water partition coefficient (Wildman–Crippen LogP) is 4.70. The van der Waals surface area contributed by atoms with Crippen molar-refractivity contribution >= 4 is 27.3 Å². The molecule has 0 unspecified atom stereocenters. The molecule has 0 saturated carbocycles. The van der Waals surface area contributed by atoms with Crippen LogP contribution in [-0.2, 0) is 16.4 Å². The topological polar surface area (TPSA) is 100 Å². The molecule has 7 nitrogen and oxygen atoms in total. The van der Waals surface area contributed by atoms with Gasteiger partial charge in [0.15, 0.2) is 4.21 Å². The number of pyridine rings is 1. The fraction of sp³-hybridized carbons (Fsp3) is 0.286. The number of carbonyl (C=O) groups is 1. The molecule has 10 heteroatoms. The first-order valence-corrected chi connectivity index (χ1v) is 11.7. The molecule has 2 heterocycles. The Bertz CT molecular complexity index is 1190. The maximum Gasteiger partial charge on any atom is 0.407 e. The number of amides is 1. The molecular weight excluding hydrogens is 441 g/mol. The van der Waals surface area contributed by atoms with Gasteiger partial charge in [-0.2, -0.15) is 4.39 Å². The van der Waals surface area contributed by atoms with Crippen LogP contribution in [0.25, 0.3) is 11.3 Å². The Morgan fingerprint density at radius 2 is 1.84 bits per heavy atom. The van der Waals surface area contributed by atoms with Gasteiger partial charge >= 0.3 is 6.09 Å². The van der Waals surface area contributed by atoms with E-state index in [0.717, 1.165) is 11.3 Å². The Morgan fingerprint density at radius 3 is 2.42 bits per heavy atom. The third-order valence-corrected chi connectivity index (χ3v) is 7.53. The van der Waals surface area contributed by atoms with E-state index in [2.05, 4.69) is 9.97 Å². The van der Waals surface area contributed by atoms with Gasteiger partial charge in [-0.15, -0.1) is 11.3 Å². The van der Waals surface area contributed by atoms with Crippen molar-refractivity contribution in [1.29, 1.82) is 0 Å². The summed E-state index contributed by atoms with van der Waals surface area (Å²) in [4.78, 5) is 20.9. The van der Waals surface area contributed by atoms with E-state index in [-0.39, 0.29) is 43.9 Å². The third kappa shape index (κ3) is 5.26. The third-order valence-electron chi connectivity index (χ3n) is 4.21. The summed E-state index contributed by atoms with van der Waals surface area (Å²) in [5.41, 5.74) is -0.444. The molecule has 0 bridgehead atoms. The number of carboxylic acid groups (broad SMARTS) is 1. The lowest BCUT2D eigenvalue weighted by Crippen LogP contribution is -2.36. The largest absolute Gasteiger partial charge is 0.465 e. The molecule has 0 spiro atoms. The van der Waals surface area contributed by atoms with Gasteiger partial charge in [0.2, 0.25) is 15.8 Å². The van der Waals surface area contributed by atoms with E-state index in [1.54, 1.807) is 18.2 Å². The highest BCUT2D eigenvalue weighted by atomic mass is 32.2. The van der Waals surface area contributed by atoms with Crippen molar-refractivity contribution < 1.29 is 22.7 Å². The number of hydrogen-bond donors (Lipinski definition) is 1. The van der Waals surface area contributed by atoms with Crippen LogP contribution in [0.4, 0.5) is 9.18 Å². The number of halogens is 1. The first kappa shape index (κ1) is 22.8. The van der Waals surface area contributed by atoms with Crippen LogP contribution in [0.15, 0.2) is 57.8 Å². The summed E-state index contributed by atoms with van der Waals surface area (Å²) in [6.45, 7) is 5.79. The second-order valence-electron chi connectivity index (χ2n) is 8.10. The van der Waals surface area contributed by atoms with Crippen molar-refractivity contribution in [1.82, 2.24) is 14.9 Å². The fourth-order valence-electron chi connectivity index (χ4n) is 2.96. The van der Waals surface area contributed by atoms with Crippen LogP contribution in [0, 0.1) is 11.4 Å². The molecule has 1 amide bonds. The monoisotopic (exact) mass is 463 g/mol. The maximum absolute atomic E-state index is 14.4. The van der Waals surface area contributed by atoms with Crippen molar-refractivity contribution in [3.8, 4) is 11.3 Å². The molecule has 0 saturated heterocycles. The zero-order chi connectivity index (χ0) is 22.8. The molecule has 1 N–H and O–H groups in total. The average Bonchev–Trinajstić information content (AvgIpc) is 3.12. The van der Waals surface area contributed by atoms with E-state index < -0.39 is 21.9 Å². The predicted molar refractivity (Wildman–Crippen MR) is 115 cm³/mol. The van der Waals surface area contributed by atoms with Crippen molar-refractivity contribution in [3.05, 3.63) is 59.6 Å². The normalized spacial score (nSPS) is 12.0. The quantitative estimate of drug-likeness (QED) is 0.532. The number of aromatic nitrogens is 2. The smallest absolute Gasteiger partial charge is 0.407 e. The van der Waals surface area contributed by atoms with Gasteiger partial charge in [0.25, 0.3) is 0 Å². The Labute approximate surface area is 184 Å². The molecule has 0 aliphatic heterocycles. The summed E-state index contributed by atoms with van der Waals surface area (Å²) >= 11 is 0.838. The summed E-state index contributed by atoms with van der Waals surface area (Å²) in [7, 11) is -4.01. The molecule has 0 aliphatic carbocycles. The Hall–Kier alpha value is -2.85. The molecular formula is C21H22FN3O4S2. The van der Waals surface area contributed by atoms with Gasteiger partial charge in [0, 0.05) is 12.7 Å². The van der Waals surface area contributed by atoms with Crippen LogP contribution < -0.4 is 0 Å². The average molecular weight is 464 g/mol. The summed E-state index contributed by atoms with van der Waals surface area (Å²) in [6, 6.07) is 10.6. The number of rotatable bonds is 6. The van der Waals surface area contributed by atoms with Crippen LogP contribution in [0.3, 0.4) is 0 Å². The molecule has 0 atom stereocenters. The first-order valence-electron chi connectivity index (χ1n) is 9.37. The summed E-state index contributed by atoms with van der Waals surface area (Å²) in [6.07, 6.45) is 0.110. The molecule has 0 radical (unpaired) electrons. The van der Waals surface area contributed by atoms with Crippen molar-refractivity contribution in [2.24, 2.45) is 5.41 Å². The van der Waals surface area contributed by atoms with Crippen molar-refractivity contribution in [3.63, 3.8) is 0 Å². The SMILES string of the molecule is CC(C)(C)CN(Cc1nc(-c2cccnc2F)c(S(=O)(=O)c2ccccc2)s1)C(=O)O. The van der Waals surface area contributed by atoms with Crippen LogP contribution in [-0.4, -0.2) is 41.0 Å². The van der Waals surface area contributed by atoms with Crippen LogP contribution in [0.1, 0.15) is 25.8 Å². The van der Waals surface area contributed by atoms with E-state index in [0.29, 0.717) is 0 Å². The Morgan fingerprint density at radius 1 is 1.16 bits per heavy atom. The summed E-state index contributed by atoms with van der Waals surface area (Å²) in [5.74, 6) is -0.853. The number of hydrogen-bond acceptors (Lipinski definition) is 6. The van der Waals surface area contributed by atoms with Gasteiger partial charge in [-0.1, -0.05) is 39.0 Å². The minimum absolute atomic E-state index is 0.0422. The Balaban J connectivity index is 2.13. The number of thiazole rings is 1. The number of benzene rings is 1. The van der Waals surface area contributed by atoms with E-state index in [1.165, 1.54) is 35.4 Å². The van der Waals surface area contributed by atoms with Gasteiger partial charge in [-0.25, -0.2) is 23.2 Å². The van der Waals surface area contributed by atoms with Gasteiger partial charge in [-0.05, 0) is 29.7 Å². The lowest BCUT2D eigenvalue weighted by atomic mass is 9.96. The molecule has 1 aromatic carbocycles. The van der Waals surface area contributed by atoms with E-state index in [1.807, 2.05) is 20.8 Å². The highest BCUT2D eigenvalue weighted by Gasteiger charge is 2.30. The fourth-order valence-corrected chi connectivity index (χ4v) is 5.94. The van der Waals surface area contributed by atoms with Crippen molar-refractivity contribution in [2.75, 3.05) is 6.54 Å². The number of sulfone groups is 1. The van der Waals surface area contributed by atoms with E-state index in [4.69, 9.17) is 0 Å². The molecule has 31 heavy (non-hydrogen) atoms.